The van der Waals surface area contributed by atoms with Gasteiger partial charge in [0.1, 0.15) is 5.75 Å². The number of carbonyl (C=O) groups excluding carboxylic acids is 1. The molecular weight excluding hydrogens is 492 g/mol. The highest BCUT2D eigenvalue weighted by molar-refractivity contribution is 7.93. The number of thiazole rings is 1. The SMILES string of the molecule is Cc1ccc(OC(C)C(=O)NC(=S)Nc2ccc(S(=O)(=O)Nc3nccs3)cc2)c(Cl)c1. The zero-order valence-corrected chi connectivity index (χ0v) is 20.2. The Hall–Kier alpha value is -2.73. The van der Waals surface area contributed by atoms with E-state index in [1.54, 1.807) is 24.4 Å². The molecule has 0 aliphatic carbocycles. The van der Waals surface area contributed by atoms with E-state index in [-0.39, 0.29) is 15.1 Å². The second-order valence-electron chi connectivity index (χ2n) is 6.60. The van der Waals surface area contributed by atoms with Gasteiger partial charge < -0.3 is 10.1 Å². The van der Waals surface area contributed by atoms with Crippen molar-refractivity contribution in [3.8, 4) is 5.75 Å². The molecule has 0 aliphatic heterocycles. The van der Waals surface area contributed by atoms with E-state index in [0.29, 0.717) is 16.5 Å². The fourth-order valence-corrected chi connectivity index (χ4v) is 4.77. The second-order valence-corrected chi connectivity index (χ2v) is 10.00. The van der Waals surface area contributed by atoms with Crippen molar-refractivity contribution in [2.45, 2.75) is 24.8 Å². The van der Waals surface area contributed by atoms with Crippen molar-refractivity contribution < 1.29 is 17.9 Å². The molecule has 1 heterocycles. The van der Waals surface area contributed by atoms with E-state index in [1.807, 2.05) is 13.0 Å². The number of thiocarbonyl (C=S) groups is 1. The third-order valence-electron chi connectivity index (χ3n) is 4.07. The molecule has 3 aromatic rings. The van der Waals surface area contributed by atoms with Crippen LogP contribution in [-0.4, -0.2) is 30.5 Å². The minimum atomic E-state index is -3.75. The summed E-state index contributed by atoms with van der Waals surface area (Å²) in [6.45, 7) is 3.47. The molecule has 0 fully saturated rings. The molecule has 0 spiro atoms. The molecule has 12 heteroatoms. The molecule has 0 saturated carbocycles. The average molecular weight is 511 g/mol. The minimum Gasteiger partial charge on any atom is -0.479 e. The van der Waals surface area contributed by atoms with Gasteiger partial charge in [-0.15, -0.1) is 11.3 Å². The number of nitrogens with zero attached hydrogens (tertiary/aromatic N) is 1. The van der Waals surface area contributed by atoms with Crippen LogP contribution in [-0.2, 0) is 14.8 Å². The average Bonchev–Trinajstić information content (AvgIpc) is 3.22. The number of ether oxygens (including phenoxy) is 1. The van der Waals surface area contributed by atoms with Crippen molar-refractivity contribution in [3.05, 3.63) is 64.6 Å². The highest BCUT2D eigenvalue weighted by Gasteiger charge is 2.18. The summed E-state index contributed by atoms with van der Waals surface area (Å²) in [4.78, 5) is 16.3. The molecule has 3 N–H and O–H groups in total. The van der Waals surface area contributed by atoms with Crippen LogP contribution in [0.2, 0.25) is 5.02 Å². The van der Waals surface area contributed by atoms with Gasteiger partial charge in [0.05, 0.1) is 9.92 Å². The number of aryl methyl sites for hydroxylation is 1. The summed E-state index contributed by atoms with van der Waals surface area (Å²) in [5.41, 5.74) is 1.47. The van der Waals surface area contributed by atoms with Gasteiger partial charge in [0.2, 0.25) is 0 Å². The first kappa shape index (κ1) is 23.9. The van der Waals surface area contributed by atoms with Crippen molar-refractivity contribution in [2.24, 2.45) is 0 Å². The van der Waals surface area contributed by atoms with E-state index >= 15 is 0 Å². The normalized spacial score (nSPS) is 12.0. The Bertz CT molecular complexity index is 1220. The van der Waals surface area contributed by atoms with Crippen LogP contribution in [0.3, 0.4) is 0 Å². The van der Waals surface area contributed by atoms with E-state index in [1.165, 1.54) is 41.8 Å². The Morgan fingerprint density at radius 1 is 1.22 bits per heavy atom. The Balaban J connectivity index is 1.55. The zero-order chi connectivity index (χ0) is 23.3. The third kappa shape index (κ3) is 6.39. The van der Waals surface area contributed by atoms with Gasteiger partial charge in [0.25, 0.3) is 15.9 Å². The molecule has 0 aliphatic rings. The molecule has 1 unspecified atom stereocenters. The zero-order valence-electron chi connectivity index (χ0n) is 17.0. The summed E-state index contributed by atoms with van der Waals surface area (Å²) < 4.78 is 32.7. The molecule has 8 nitrogen and oxygen atoms in total. The number of anilines is 2. The Kier molecular flexibility index (Phi) is 7.67. The molecule has 2 aromatic carbocycles. The van der Waals surface area contributed by atoms with Gasteiger partial charge in [-0.1, -0.05) is 17.7 Å². The van der Waals surface area contributed by atoms with Crippen LogP contribution in [0.1, 0.15) is 12.5 Å². The highest BCUT2D eigenvalue weighted by Crippen LogP contribution is 2.26. The van der Waals surface area contributed by atoms with Crippen molar-refractivity contribution in [3.63, 3.8) is 0 Å². The van der Waals surface area contributed by atoms with Crippen molar-refractivity contribution in [1.29, 1.82) is 0 Å². The molecule has 168 valence electrons. The van der Waals surface area contributed by atoms with Gasteiger partial charge in [-0.25, -0.2) is 13.4 Å². The number of aromatic nitrogens is 1. The first-order chi connectivity index (χ1) is 15.1. The van der Waals surface area contributed by atoms with Crippen LogP contribution < -0.4 is 20.1 Å². The van der Waals surface area contributed by atoms with E-state index in [0.717, 1.165) is 5.56 Å². The predicted octanol–water partition coefficient (Wildman–Crippen LogP) is 4.19. The van der Waals surface area contributed by atoms with Gasteiger partial charge in [-0.2, -0.15) is 0 Å². The molecule has 3 rings (SSSR count). The number of amides is 1. The van der Waals surface area contributed by atoms with E-state index in [4.69, 9.17) is 28.6 Å². The minimum absolute atomic E-state index is 0.0389. The number of sulfonamides is 1. The number of hydrogen-bond donors (Lipinski definition) is 3. The van der Waals surface area contributed by atoms with Crippen LogP contribution in [0.25, 0.3) is 0 Å². The van der Waals surface area contributed by atoms with Gasteiger partial charge in [0, 0.05) is 17.3 Å². The van der Waals surface area contributed by atoms with Gasteiger partial charge in [-0.05, 0) is 68.0 Å². The fraction of sp³-hybridized carbons (Fsp3) is 0.150. The number of nitrogens with one attached hydrogen (secondary N) is 3. The lowest BCUT2D eigenvalue weighted by Gasteiger charge is -2.17. The molecule has 0 saturated heterocycles. The Morgan fingerprint density at radius 2 is 1.94 bits per heavy atom. The smallest absolute Gasteiger partial charge is 0.266 e. The lowest BCUT2D eigenvalue weighted by atomic mass is 10.2. The topological polar surface area (TPSA) is 109 Å². The number of benzene rings is 2. The molecule has 32 heavy (non-hydrogen) atoms. The summed E-state index contributed by atoms with van der Waals surface area (Å²) in [7, 11) is -3.75. The molecule has 0 bridgehead atoms. The molecule has 0 radical (unpaired) electrons. The fourth-order valence-electron chi connectivity index (χ4n) is 2.49. The first-order valence-corrected chi connectivity index (χ1v) is 12.4. The highest BCUT2D eigenvalue weighted by atomic mass is 35.5. The molecule has 1 atom stereocenters. The molecular formula is C20H19ClN4O4S3. The lowest BCUT2D eigenvalue weighted by Crippen LogP contribution is -2.42. The van der Waals surface area contributed by atoms with Gasteiger partial charge in [-0.3, -0.25) is 14.8 Å². The van der Waals surface area contributed by atoms with Crippen LogP contribution >= 0.6 is 35.2 Å². The van der Waals surface area contributed by atoms with Crippen molar-refractivity contribution in [2.75, 3.05) is 10.0 Å². The second kappa shape index (κ2) is 10.3. The van der Waals surface area contributed by atoms with Crippen LogP contribution in [0, 0.1) is 6.92 Å². The summed E-state index contributed by atoms with van der Waals surface area (Å²) in [6, 6.07) is 11.1. The van der Waals surface area contributed by atoms with Crippen molar-refractivity contribution in [1.82, 2.24) is 10.3 Å². The summed E-state index contributed by atoms with van der Waals surface area (Å²) in [5, 5.41) is 7.75. The van der Waals surface area contributed by atoms with E-state index < -0.39 is 22.0 Å². The summed E-state index contributed by atoms with van der Waals surface area (Å²) in [5.74, 6) is -0.0760. The maximum atomic E-state index is 12.4. The van der Waals surface area contributed by atoms with Crippen LogP contribution in [0.4, 0.5) is 10.8 Å². The maximum Gasteiger partial charge on any atom is 0.266 e. The number of halogens is 1. The quantitative estimate of drug-likeness (QED) is 0.409. The van der Waals surface area contributed by atoms with Crippen LogP contribution in [0.15, 0.2) is 58.9 Å². The largest absolute Gasteiger partial charge is 0.479 e. The first-order valence-electron chi connectivity index (χ1n) is 9.21. The number of hydrogen-bond acceptors (Lipinski definition) is 7. The number of rotatable bonds is 7. The van der Waals surface area contributed by atoms with E-state index in [2.05, 4.69) is 20.3 Å². The molecule has 1 aromatic heterocycles. The van der Waals surface area contributed by atoms with Crippen molar-refractivity contribution >= 4 is 67.0 Å². The monoisotopic (exact) mass is 510 g/mol. The maximum absolute atomic E-state index is 12.4. The summed E-state index contributed by atoms with van der Waals surface area (Å²) in [6.07, 6.45) is 0.658. The molecule has 1 amide bonds. The number of carbonyl (C=O) groups is 1. The van der Waals surface area contributed by atoms with Gasteiger partial charge >= 0.3 is 0 Å². The Morgan fingerprint density at radius 3 is 2.56 bits per heavy atom. The third-order valence-corrected chi connectivity index (χ3v) is 6.75. The summed E-state index contributed by atoms with van der Waals surface area (Å²) >= 11 is 12.5. The standard InChI is InChI=1S/C20H19ClN4O4S3/c1-12-3-8-17(16(21)11-12)29-13(2)18(26)24-19(30)23-14-4-6-15(7-5-14)32(27,28)25-20-22-9-10-31-20/h3-11,13H,1-2H3,(H,22,25)(H2,23,24,26,30). The Labute approximate surface area is 200 Å². The lowest BCUT2D eigenvalue weighted by molar-refractivity contribution is -0.125. The van der Waals surface area contributed by atoms with Crippen LogP contribution in [0.5, 0.6) is 5.75 Å². The van der Waals surface area contributed by atoms with E-state index in [9.17, 15) is 13.2 Å². The predicted molar refractivity (Wildman–Crippen MR) is 130 cm³/mol. The van der Waals surface area contributed by atoms with Gasteiger partial charge in [0.15, 0.2) is 16.3 Å².